The summed E-state index contributed by atoms with van der Waals surface area (Å²) in [5.74, 6) is 2.16. The molecule has 1 fully saturated rings. The minimum atomic E-state index is -0.0934. The number of para-hydroxylation sites is 1. The van der Waals surface area contributed by atoms with E-state index in [4.69, 9.17) is 15.1 Å². The lowest BCUT2D eigenvalue weighted by molar-refractivity contribution is -0.133. The van der Waals surface area contributed by atoms with Crippen LogP contribution in [0, 0.1) is 0 Å². The molecule has 1 amide bonds. The molecule has 7 heteroatoms. The number of hydrogen-bond donors (Lipinski definition) is 0. The topological polar surface area (TPSA) is 67.2 Å². The summed E-state index contributed by atoms with van der Waals surface area (Å²) in [5, 5.41) is 5.65. The third-order valence-electron chi connectivity index (χ3n) is 7.39. The summed E-state index contributed by atoms with van der Waals surface area (Å²) in [6.07, 6.45) is 4.79. The van der Waals surface area contributed by atoms with Crippen molar-refractivity contribution in [2.45, 2.75) is 51.9 Å². The second-order valence-corrected chi connectivity index (χ2v) is 9.91. The monoisotopic (exact) mass is 496 g/mol. The number of rotatable bonds is 8. The van der Waals surface area contributed by atoms with E-state index in [0.717, 1.165) is 66.3 Å². The molecule has 37 heavy (non-hydrogen) atoms. The zero-order valence-electron chi connectivity index (χ0n) is 22.0. The normalized spacial score (nSPS) is 15.6. The van der Waals surface area contributed by atoms with Gasteiger partial charge in [0.15, 0.2) is 5.65 Å². The summed E-state index contributed by atoms with van der Waals surface area (Å²) in [6.45, 7) is 9.32. The Kier molecular flexibility index (Phi) is 7.49. The van der Waals surface area contributed by atoms with Gasteiger partial charge >= 0.3 is 0 Å². The molecule has 1 aliphatic heterocycles. The number of piperazine rings is 1. The van der Waals surface area contributed by atoms with Crippen molar-refractivity contribution < 1.29 is 4.79 Å². The first-order chi connectivity index (χ1) is 18.1. The maximum atomic E-state index is 13.4. The Hall–Kier alpha value is -3.74. The molecule has 0 spiro atoms. The third kappa shape index (κ3) is 5.08. The lowest BCUT2D eigenvalue weighted by Crippen LogP contribution is -2.50. The van der Waals surface area contributed by atoms with Gasteiger partial charge in [-0.1, -0.05) is 75.7 Å². The number of amides is 1. The molecular formula is C30H36N6O. The van der Waals surface area contributed by atoms with Crippen LogP contribution in [0.25, 0.3) is 16.7 Å². The van der Waals surface area contributed by atoms with Crippen LogP contribution in [0.4, 0.5) is 5.82 Å². The number of aromatic nitrogens is 4. The van der Waals surface area contributed by atoms with Gasteiger partial charge in [-0.05, 0) is 30.5 Å². The zero-order chi connectivity index (χ0) is 25.8. The Labute approximate surface area is 219 Å². The first kappa shape index (κ1) is 24.9. The predicted octanol–water partition coefficient (Wildman–Crippen LogP) is 5.56. The van der Waals surface area contributed by atoms with Crippen molar-refractivity contribution in [2.24, 2.45) is 0 Å². The Bertz CT molecular complexity index is 1330. The fourth-order valence-electron chi connectivity index (χ4n) is 5.29. The van der Waals surface area contributed by atoms with Crippen LogP contribution >= 0.6 is 0 Å². The summed E-state index contributed by atoms with van der Waals surface area (Å²) < 4.78 is 1.91. The molecule has 5 rings (SSSR count). The Balaban J connectivity index is 1.42. The highest BCUT2D eigenvalue weighted by Gasteiger charge is 2.29. The predicted molar refractivity (Wildman–Crippen MR) is 148 cm³/mol. The van der Waals surface area contributed by atoms with E-state index in [9.17, 15) is 4.79 Å². The van der Waals surface area contributed by atoms with Crippen molar-refractivity contribution in [1.82, 2.24) is 24.6 Å². The van der Waals surface area contributed by atoms with Gasteiger partial charge in [-0.15, -0.1) is 0 Å². The molecule has 4 aromatic rings. The molecule has 3 heterocycles. The van der Waals surface area contributed by atoms with Crippen molar-refractivity contribution in [3.63, 3.8) is 0 Å². The van der Waals surface area contributed by atoms with Crippen molar-refractivity contribution in [2.75, 3.05) is 31.1 Å². The number of anilines is 1. The summed E-state index contributed by atoms with van der Waals surface area (Å²) >= 11 is 0. The van der Waals surface area contributed by atoms with Crippen LogP contribution in [-0.4, -0.2) is 56.7 Å². The third-order valence-corrected chi connectivity index (χ3v) is 7.39. The van der Waals surface area contributed by atoms with E-state index in [-0.39, 0.29) is 17.7 Å². The first-order valence-electron chi connectivity index (χ1n) is 13.5. The van der Waals surface area contributed by atoms with Crippen molar-refractivity contribution in [3.05, 3.63) is 78.2 Å². The maximum Gasteiger partial charge on any atom is 0.230 e. The van der Waals surface area contributed by atoms with Gasteiger partial charge in [-0.25, -0.2) is 14.6 Å². The number of carbonyl (C=O) groups is 1. The van der Waals surface area contributed by atoms with Gasteiger partial charge in [0, 0.05) is 32.1 Å². The zero-order valence-corrected chi connectivity index (χ0v) is 22.0. The van der Waals surface area contributed by atoms with Gasteiger partial charge in [-0.2, -0.15) is 5.10 Å². The number of fused-ring (bicyclic) bond motifs is 1. The molecule has 0 radical (unpaired) electrons. The number of carbonyl (C=O) groups excluding carboxylic acids is 1. The lowest BCUT2D eigenvalue weighted by Gasteiger charge is -2.37. The molecule has 0 bridgehead atoms. The van der Waals surface area contributed by atoms with E-state index in [1.807, 2.05) is 64.3 Å². The molecule has 2 atom stereocenters. The van der Waals surface area contributed by atoms with E-state index in [1.54, 1.807) is 0 Å². The molecule has 0 unspecified atom stereocenters. The summed E-state index contributed by atoms with van der Waals surface area (Å²) in [7, 11) is 0. The Morgan fingerprint density at radius 2 is 1.59 bits per heavy atom. The minimum absolute atomic E-state index is 0.0934. The van der Waals surface area contributed by atoms with Gasteiger partial charge in [0.2, 0.25) is 5.91 Å². The first-order valence-corrected chi connectivity index (χ1v) is 13.5. The molecule has 1 aliphatic rings. The summed E-state index contributed by atoms with van der Waals surface area (Å²) in [6, 6.07) is 20.3. The molecule has 1 saturated heterocycles. The van der Waals surface area contributed by atoms with Crippen LogP contribution in [0.2, 0.25) is 0 Å². The summed E-state index contributed by atoms with van der Waals surface area (Å²) in [4.78, 5) is 27.8. The molecule has 192 valence electrons. The highest BCUT2D eigenvalue weighted by molar-refractivity contribution is 5.88. The SMILES string of the molecule is CCC[C@@H](C)c1nc(N2CCN(C(=O)[C@H](CC)c3ccccc3)CC2)c2cnn(-c3ccccc3)c2n1. The van der Waals surface area contributed by atoms with E-state index >= 15 is 0 Å². The standard InChI is InChI=1S/C30H36N6O/c1-4-12-22(3)27-32-28(26-21-31-36(29(26)33-27)24-15-10-7-11-16-24)34-17-19-35(20-18-34)30(37)25(5-2)23-13-8-6-9-14-23/h6-11,13-16,21-22,25H,4-5,12,17-20H2,1-3H3/t22-,25-/m1/s1. The van der Waals surface area contributed by atoms with Gasteiger partial charge < -0.3 is 9.80 Å². The van der Waals surface area contributed by atoms with E-state index < -0.39 is 0 Å². The van der Waals surface area contributed by atoms with Gasteiger partial charge in [0.1, 0.15) is 11.6 Å². The van der Waals surface area contributed by atoms with E-state index in [0.29, 0.717) is 13.1 Å². The Morgan fingerprint density at radius 3 is 2.24 bits per heavy atom. The lowest BCUT2D eigenvalue weighted by atomic mass is 9.95. The van der Waals surface area contributed by atoms with Crippen LogP contribution in [-0.2, 0) is 4.79 Å². The quantitative estimate of drug-likeness (QED) is 0.319. The fraction of sp³-hybridized carbons (Fsp3) is 0.400. The van der Waals surface area contributed by atoms with Gasteiger partial charge in [0.05, 0.1) is 23.2 Å². The fourth-order valence-corrected chi connectivity index (χ4v) is 5.29. The van der Waals surface area contributed by atoms with Crippen LogP contribution < -0.4 is 4.90 Å². The van der Waals surface area contributed by atoms with E-state index in [1.165, 1.54) is 0 Å². The molecule has 2 aromatic heterocycles. The highest BCUT2D eigenvalue weighted by Crippen LogP contribution is 2.30. The van der Waals surface area contributed by atoms with E-state index in [2.05, 4.69) is 37.8 Å². The number of nitrogens with zero attached hydrogens (tertiary/aromatic N) is 6. The van der Waals surface area contributed by atoms with Crippen LogP contribution in [0.3, 0.4) is 0 Å². The van der Waals surface area contributed by atoms with Crippen molar-refractivity contribution in [1.29, 1.82) is 0 Å². The van der Waals surface area contributed by atoms with Crippen molar-refractivity contribution in [3.8, 4) is 5.69 Å². The number of benzene rings is 2. The largest absolute Gasteiger partial charge is 0.352 e. The average molecular weight is 497 g/mol. The molecule has 0 aliphatic carbocycles. The molecule has 2 aromatic carbocycles. The molecule has 0 saturated carbocycles. The Morgan fingerprint density at radius 1 is 0.919 bits per heavy atom. The summed E-state index contributed by atoms with van der Waals surface area (Å²) in [5.41, 5.74) is 2.92. The van der Waals surface area contributed by atoms with Crippen LogP contribution in [0.5, 0.6) is 0 Å². The minimum Gasteiger partial charge on any atom is -0.352 e. The molecular weight excluding hydrogens is 460 g/mol. The molecule has 0 N–H and O–H groups in total. The number of hydrogen-bond acceptors (Lipinski definition) is 5. The average Bonchev–Trinajstić information content (AvgIpc) is 3.38. The smallest absolute Gasteiger partial charge is 0.230 e. The van der Waals surface area contributed by atoms with Crippen LogP contribution in [0.1, 0.15) is 63.3 Å². The highest BCUT2D eigenvalue weighted by atomic mass is 16.2. The second-order valence-electron chi connectivity index (χ2n) is 9.91. The molecule has 7 nitrogen and oxygen atoms in total. The van der Waals surface area contributed by atoms with Gasteiger partial charge in [0.25, 0.3) is 0 Å². The maximum absolute atomic E-state index is 13.4. The second kappa shape index (κ2) is 11.1. The van der Waals surface area contributed by atoms with Crippen molar-refractivity contribution >= 4 is 22.8 Å². The van der Waals surface area contributed by atoms with Gasteiger partial charge in [-0.3, -0.25) is 4.79 Å². The van der Waals surface area contributed by atoms with Crippen LogP contribution in [0.15, 0.2) is 66.9 Å².